The highest BCUT2D eigenvalue weighted by Crippen LogP contribution is 2.46. The molecule has 5 rings (SSSR count). The van der Waals surface area contributed by atoms with Gasteiger partial charge in [0.1, 0.15) is 28.0 Å². The molecule has 7 nitrogen and oxygen atoms in total. The zero-order chi connectivity index (χ0) is 33.6. The van der Waals surface area contributed by atoms with Crippen molar-refractivity contribution in [3.8, 4) is 0 Å². The molecule has 0 bridgehead atoms. The monoisotopic (exact) mass is 661 g/mol. The van der Waals surface area contributed by atoms with E-state index in [4.69, 9.17) is 35.8 Å². The van der Waals surface area contributed by atoms with Crippen LogP contribution >= 0.6 is 12.2 Å². The van der Waals surface area contributed by atoms with Gasteiger partial charge in [-0.05, 0) is 96.2 Å². The quantitative estimate of drug-likeness (QED) is 0.174. The molecule has 1 aromatic heterocycles. The molecule has 0 amide bonds. The molecule has 1 aromatic carbocycles. The third kappa shape index (κ3) is 8.69. The number of hydrogen-bond donors (Lipinski definition) is 2. The van der Waals surface area contributed by atoms with E-state index < -0.39 is 0 Å². The highest BCUT2D eigenvalue weighted by atomic mass is 32.1. The van der Waals surface area contributed by atoms with Gasteiger partial charge in [-0.2, -0.15) is 0 Å². The Kier molecular flexibility index (Phi) is 11.5. The van der Waals surface area contributed by atoms with Gasteiger partial charge >= 0.3 is 0 Å². The Morgan fingerprint density at radius 3 is 2.43 bits per heavy atom. The van der Waals surface area contributed by atoms with Crippen LogP contribution in [-0.4, -0.2) is 44.8 Å². The van der Waals surface area contributed by atoms with Gasteiger partial charge in [0.05, 0.1) is 14.2 Å². The van der Waals surface area contributed by atoms with Crippen molar-refractivity contribution >= 4 is 23.0 Å². The predicted octanol–water partition coefficient (Wildman–Crippen LogP) is 8.52. The van der Waals surface area contributed by atoms with Crippen LogP contribution in [0.4, 0.5) is 0 Å². The van der Waals surface area contributed by atoms with E-state index in [1.54, 1.807) is 14.2 Å². The lowest BCUT2D eigenvalue weighted by atomic mass is 9.62. The molecule has 8 heteroatoms. The Bertz CT molecular complexity index is 1510. The highest BCUT2D eigenvalue weighted by molar-refractivity contribution is 7.80. The molecular weight excluding hydrogens is 607 g/mol. The number of aliphatic imine (C=N–C) groups is 1. The summed E-state index contributed by atoms with van der Waals surface area (Å²) in [5, 5.41) is 6.70. The molecule has 47 heavy (non-hydrogen) atoms. The van der Waals surface area contributed by atoms with Gasteiger partial charge in [-0.1, -0.05) is 71.3 Å². The average Bonchev–Trinajstić information content (AvgIpc) is 3.46. The molecule has 0 saturated carbocycles. The number of ether oxygens (including phenoxy) is 3. The fourth-order valence-corrected chi connectivity index (χ4v) is 7.31. The number of thiocarbonyl (C=S) groups is 1. The Labute approximate surface area is 287 Å². The molecule has 2 aromatic rings. The number of unbranched alkanes of at least 4 members (excludes halogenated alkanes) is 2. The smallest absolute Gasteiger partial charge is 0.220 e. The van der Waals surface area contributed by atoms with E-state index in [1.807, 2.05) is 18.2 Å². The molecule has 0 spiro atoms. The van der Waals surface area contributed by atoms with E-state index in [-0.39, 0.29) is 10.8 Å². The zero-order valence-corrected chi connectivity index (χ0v) is 30.5. The fourth-order valence-electron chi connectivity index (χ4n) is 7.09. The fraction of sp³-hybridized carbons (Fsp3) is 0.590. The normalized spacial score (nSPS) is 20.2. The summed E-state index contributed by atoms with van der Waals surface area (Å²) in [5.74, 6) is 4.30. The minimum absolute atomic E-state index is 0.161. The van der Waals surface area contributed by atoms with Crippen LogP contribution in [-0.2, 0) is 31.5 Å². The number of hydrogen-bond acceptors (Lipinski definition) is 6. The summed E-state index contributed by atoms with van der Waals surface area (Å²) in [4.78, 5) is 5.31. The van der Waals surface area contributed by atoms with Crippen LogP contribution in [0.25, 0.3) is 0 Å². The number of amidine groups is 1. The summed E-state index contributed by atoms with van der Waals surface area (Å²) >= 11 is 5.83. The van der Waals surface area contributed by atoms with Crippen LogP contribution < -0.4 is 10.6 Å². The summed E-state index contributed by atoms with van der Waals surface area (Å²) in [6, 6.07) is 8.78. The van der Waals surface area contributed by atoms with Crippen LogP contribution in [0.1, 0.15) is 119 Å². The third-order valence-corrected chi connectivity index (χ3v) is 10.7. The van der Waals surface area contributed by atoms with E-state index in [1.165, 1.54) is 67.2 Å². The third-order valence-electron chi connectivity index (χ3n) is 10.3. The molecule has 3 heterocycles. The molecule has 0 unspecified atom stereocenters. The topological polar surface area (TPSA) is 77.2 Å². The number of fused-ring (bicyclic) bond motifs is 1. The van der Waals surface area contributed by atoms with E-state index in [0.29, 0.717) is 40.9 Å². The summed E-state index contributed by atoms with van der Waals surface area (Å²) in [5.41, 5.74) is 6.52. The molecule has 1 saturated heterocycles. The second kappa shape index (κ2) is 15.4. The maximum absolute atomic E-state index is 6.32. The van der Waals surface area contributed by atoms with Crippen molar-refractivity contribution in [3.05, 3.63) is 81.5 Å². The van der Waals surface area contributed by atoms with E-state index in [9.17, 15) is 0 Å². The minimum atomic E-state index is 0.161. The van der Waals surface area contributed by atoms with E-state index in [2.05, 4.69) is 57.4 Å². The maximum atomic E-state index is 6.32. The molecule has 256 valence electrons. The molecule has 1 aliphatic carbocycles. The van der Waals surface area contributed by atoms with Crippen molar-refractivity contribution in [1.82, 2.24) is 10.6 Å². The molecule has 2 aliphatic heterocycles. The molecule has 0 atom stereocenters. The first-order valence-electron chi connectivity index (χ1n) is 17.5. The van der Waals surface area contributed by atoms with Gasteiger partial charge < -0.3 is 29.3 Å². The van der Waals surface area contributed by atoms with Gasteiger partial charge in [0.25, 0.3) is 0 Å². The summed E-state index contributed by atoms with van der Waals surface area (Å²) < 4.78 is 23.3. The Balaban J connectivity index is 1.22. The van der Waals surface area contributed by atoms with Crippen molar-refractivity contribution in [3.63, 3.8) is 0 Å². The number of nitrogens with one attached hydrogen (secondary N) is 2. The Morgan fingerprint density at radius 2 is 1.72 bits per heavy atom. The van der Waals surface area contributed by atoms with Gasteiger partial charge in [-0.3, -0.25) is 4.99 Å². The predicted molar refractivity (Wildman–Crippen MR) is 194 cm³/mol. The number of aryl methyl sites for hydroxylation is 1. The summed E-state index contributed by atoms with van der Waals surface area (Å²) in [7, 11) is 3.28. The van der Waals surface area contributed by atoms with Crippen molar-refractivity contribution in [2.75, 3.05) is 34.0 Å². The van der Waals surface area contributed by atoms with Gasteiger partial charge in [0, 0.05) is 32.6 Å². The van der Waals surface area contributed by atoms with Gasteiger partial charge in [-0.25, -0.2) is 0 Å². The first kappa shape index (κ1) is 35.2. The zero-order valence-electron chi connectivity index (χ0n) is 29.6. The molecule has 3 aliphatic rings. The Morgan fingerprint density at radius 1 is 1.00 bits per heavy atom. The summed E-state index contributed by atoms with van der Waals surface area (Å²) in [6.07, 6.45) is 12.9. The number of methoxy groups -OCH3 is 2. The maximum Gasteiger partial charge on any atom is 0.220 e. The van der Waals surface area contributed by atoms with Crippen molar-refractivity contribution in [2.24, 2.45) is 10.9 Å². The second-order valence-corrected chi connectivity index (χ2v) is 15.1. The van der Waals surface area contributed by atoms with Gasteiger partial charge in [-0.15, -0.1) is 0 Å². The van der Waals surface area contributed by atoms with Crippen LogP contribution in [0.5, 0.6) is 0 Å². The largest absolute Gasteiger partial charge is 0.495 e. The van der Waals surface area contributed by atoms with Crippen LogP contribution in [0.3, 0.4) is 0 Å². The van der Waals surface area contributed by atoms with E-state index in [0.717, 1.165) is 43.7 Å². The number of nitrogens with zero attached hydrogens (tertiary/aromatic N) is 1. The number of furan rings is 1. The number of benzene rings is 1. The first-order chi connectivity index (χ1) is 22.5. The lowest BCUT2D eigenvalue weighted by molar-refractivity contribution is 0.0631. The molecule has 0 radical (unpaired) electrons. The van der Waals surface area contributed by atoms with Crippen LogP contribution in [0, 0.1) is 12.8 Å². The molecular formula is C39H55N3O4S. The van der Waals surface area contributed by atoms with Crippen LogP contribution in [0.15, 0.2) is 57.1 Å². The van der Waals surface area contributed by atoms with Crippen molar-refractivity contribution in [1.29, 1.82) is 0 Å². The van der Waals surface area contributed by atoms with E-state index >= 15 is 0 Å². The number of rotatable bonds is 12. The van der Waals surface area contributed by atoms with Crippen molar-refractivity contribution < 1.29 is 18.6 Å². The minimum Gasteiger partial charge on any atom is -0.495 e. The second-order valence-electron chi connectivity index (χ2n) is 14.7. The standard InChI is InChI=1S/C39H55N3O4S/c1-26-23-30-31(39(4,5)19-18-38(30,2)3)25-28(26)24-29-12-13-33(46-29)37(47)42-35-32(43-6)14-15-34(41-36(35)44-7)40-20-10-8-9-11-27-16-21-45-22-17-27/h12-14,23,25,27H,8-11,15-22,24H2,1-7H3,(H,40,41)(H,42,47). The highest BCUT2D eigenvalue weighted by Gasteiger charge is 2.37. The molecule has 2 N–H and O–H groups in total. The van der Waals surface area contributed by atoms with Gasteiger partial charge in [0.2, 0.25) is 5.88 Å². The molecule has 1 fully saturated rings. The first-order valence-corrected chi connectivity index (χ1v) is 17.9. The summed E-state index contributed by atoms with van der Waals surface area (Å²) in [6.45, 7) is 14.3. The van der Waals surface area contributed by atoms with Crippen LogP contribution in [0.2, 0.25) is 0 Å². The van der Waals surface area contributed by atoms with Crippen molar-refractivity contribution in [2.45, 2.75) is 110 Å². The average molecular weight is 662 g/mol. The Hall–Kier alpha value is -3.10. The lowest BCUT2D eigenvalue weighted by Crippen LogP contribution is -2.34. The SMILES string of the molecule is COC1=CCC(=NCCCCCC2CCOCC2)NC(OC)=C1NC(=S)c1ccc(Cc2cc3c(cc2C)C(C)(C)CCC3(C)C)o1. The van der Waals surface area contributed by atoms with Gasteiger partial charge in [0.15, 0.2) is 5.76 Å². The lowest BCUT2D eigenvalue weighted by Gasteiger charge is -2.42.